The number of anilines is 1. The Morgan fingerprint density at radius 3 is 2.69 bits per heavy atom. The lowest BCUT2D eigenvalue weighted by molar-refractivity contribution is -0.137. The van der Waals surface area contributed by atoms with Crippen LogP contribution in [0.25, 0.3) is 0 Å². The average molecular weight is 386 g/mol. The lowest BCUT2D eigenvalue weighted by Gasteiger charge is -2.18. The second kappa shape index (κ2) is 7.41. The third-order valence-corrected chi connectivity index (χ3v) is 4.13. The van der Waals surface area contributed by atoms with E-state index in [1.54, 1.807) is 24.3 Å². The molecule has 1 saturated heterocycles. The van der Waals surface area contributed by atoms with Gasteiger partial charge in [0.2, 0.25) is 5.88 Å². The molecule has 0 saturated carbocycles. The molecule has 1 aliphatic rings. The van der Waals surface area contributed by atoms with Crippen LogP contribution in [0.2, 0.25) is 5.02 Å². The van der Waals surface area contributed by atoms with Gasteiger partial charge in [-0.15, -0.1) is 0 Å². The Bertz CT molecular complexity index is 784. The van der Waals surface area contributed by atoms with Gasteiger partial charge >= 0.3 is 12.2 Å². The number of nitrogens with one attached hydrogen (secondary N) is 1. The van der Waals surface area contributed by atoms with Crippen LogP contribution in [0.4, 0.5) is 23.7 Å². The molecule has 1 unspecified atom stereocenters. The van der Waals surface area contributed by atoms with Crippen LogP contribution in [-0.4, -0.2) is 35.1 Å². The summed E-state index contributed by atoms with van der Waals surface area (Å²) in [7, 11) is 0. The number of pyridine rings is 1. The minimum absolute atomic E-state index is 0.107. The third-order valence-electron chi connectivity index (χ3n) is 3.88. The first-order valence-corrected chi connectivity index (χ1v) is 8.20. The van der Waals surface area contributed by atoms with Crippen molar-refractivity contribution in [2.75, 3.05) is 18.4 Å². The minimum Gasteiger partial charge on any atom is -0.472 e. The highest BCUT2D eigenvalue weighted by molar-refractivity contribution is 6.30. The SMILES string of the molecule is O=C(Nc1ccc(Cl)cc1)N1CCC(Oc2cc(C(F)(F)F)ccn2)C1. The zero-order valence-corrected chi connectivity index (χ0v) is 14.2. The van der Waals surface area contributed by atoms with Crippen LogP contribution >= 0.6 is 11.6 Å². The van der Waals surface area contributed by atoms with E-state index in [4.69, 9.17) is 16.3 Å². The highest BCUT2D eigenvalue weighted by Crippen LogP contribution is 2.31. The maximum absolute atomic E-state index is 12.7. The van der Waals surface area contributed by atoms with Crippen molar-refractivity contribution < 1.29 is 22.7 Å². The van der Waals surface area contributed by atoms with Gasteiger partial charge in [-0.2, -0.15) is 13.2 Å². The lowest BCUT2D eigenvalue weighted by Crippen LogP contribution is -2.34. The minimum atomic E-state index is -4.46. The molecule has 9 heteroatoms. The van der Waals surface area contributed by atoms with Crippen LogP contribution in [0.1, 0.15) is 12.0 Å². The first-order chi connectivity index (χ1) is 12.3. The number of amides is 2. The van der Waals surface area contributed by atoms with Gasteiger partial charge in [0.05, 0.1) is 12.1 Å². The van der Waals surface area contributed by atoms with Gasteiger partial charge in [-0.05, 0) is 30.3 Å². The Balaban J connectivity index is 1.57. The van der Waals surface area contributed by atoms with Crippen molar-refractivity contribution in [3.8, 4) is 5.88 Å². The van der Waals surface area contributed by atoms with E-state index in [0.29, 0.717) is 23.7 Å². The number of hydrogen-bond donors (Lipinski definition) is 1. The summed E-state index contributed by atoms with van der Waals surface area (Å²) < 4.78 is 43.7. The van der Waals surface area contributed by atoms with Gasteiger partial charge in [-0.25, -0.2) is 9.78 Å². The molecular weight excluding hydrogens is 371 g/mol. The zero-order valence-electron chi connectivity index (χ0n) is 13.5. The molecule has 1 aliphatic heterocycles. The molecule has 2 heterocycles. The summed E-state index contributed by atoms with van der Waals surface area (Å²) in [6.45, 7) is 0.695. The molecule has 5 nitrogen and oxygen atoms in total. The lowest BCUT2D eigenvalue weighted by atomic mass is 10.2. The fourth-order valence-electron chi connectivity index (χ4n) is 2.57. The number of aromatic nitrogens is 1. The fourth-order valence-corrected chi connectivity index (χ4v) is 2.69. The van der Waals surface area contributed by atoms with Crippen molar-refractivity contribution in [3.63, 3.8) is 0 Å². The Morgan fingerprint density at radius 1 is 1.27 bits per heavy atom. The maximum atomic E-state index is 12.7. The van der Waals surface area contributed by atoms with Gasteiger partial charge < -0.3 is 15.0 Å². The summed E-state index contributed by atoms with van der Waals surface area (Å²) in [5.41, 5.74) is -0.221. The number of carbonyl (C=O) groups excluding carboxylic acids is 1. The molecule has 1 atom stereocenters. The maximum Gasteiger partial charge on any atom is 0.416 e. The molecule has 0 bridgehead atoms. The molecule has 1 aromatic carbocycles. The fraction of sp³-hybridized carbons (Fsp3) is 0.294. The molecule has 138 valence electrons. The highest BCUT2D eigenvalue weighted by Gasteiger charge is 2.32. The van der Waals surface area contributed by atoms with E-state index in [0.717, 1.165) is 18.3 Å². The normalized spacial score (nSPS) is 17.2. The van der Waals surface area contributed by atoms with Crippen LogP contribution in [-0.2, 0) is 6.18 Å². The monoisotopic (exact) mass is 385 g/mol. The van der Waals surface area contributed by atoms with Gasteiger partial charge in [0.15, 0.2) is 0 Å². The molecule has 0 spiro atoms. The average Bonchev–Trinajstić information content (AvgIpc) is 3.05. The number of alkyl halides is 3. The quantitative estimate of drug-likeness (QED) is 0.849. The number of ether oxygens (including phenoxy) is 1. The Hall–Kier alpha value is -2.48. The van der Waals surface area contributed by atoms with Crippen LogP contribution in [0.5, 0.6) is 5.88 Å². The number of carbonyl (C=O) groups is 1. The predicted molar refractivity (Wildman–Crippen MR) is 90.3 cm³/mol. The highest BCUT2D eigenvalue weighted by atomic mass is 35.5. The molecule has 0 radical (unpaired) electrons. The topological polar surface area (TPSA) is 54.5 Å². The first-order valence-electron chi connectivity index (χ1n) is 7.82. The molecule has 1 fully saturated rings. The van der Waals surface area contributed by atoms with Crippen molar-refractivity contribution >= 4 is 23.3 Å². The van der Waals surface area contributed by atoms with Crippen LogP contribution in [0, 0.1) is 0 Å². The molecule has 2 amide bonds. The number of rotatable bonds is 3. The van der Waals surface area contributed by atoms with Gasteiger partial charge in [0, 0.05) is 35.9 Å². The second-order valence-corrected chi connectivity index (χ2v) is 6.23. The summed E-state index contributed by atoms with van der Waals surface area (Å²) in [5, 5.41) is 3.29. The summed E-state index contributed by atoms with van der Waals surface area (Å²) in [5.74, 6) is -0.107. The molecule has 1 N–H and O–H groups in total. The largest absolute Gasteiger partial charge is 0.472 e. The molecule has 2 aromatic rings. The smallest absolute Gasteiger partial charge is 0.416 e. The summed E-state index contributed by atoms with van der Waals surface area (Å²) >= 11 is 5.79. The van der Waals surface area contributed by atoms with Crippen molar-refractivity contribution in [2.24, 2.45) is 0 Å². The molecular formula is C17H15ClF3N3O2. The van der Waals surface area contributed by atoms with Crippen LogP contribution in [0.15, 0.2) is 42.6 Å². The molecule has 3 rings (SSSR count). The van der Waals surface area contributed by atoms with Gasteiger partial charge in [0.25, 0.3) is 0 Å². The van der Waals surface area contributed by atoms with E-state index >= 15 is 0 Å². The third kappa shape index (κ3) is 4.57. The number of urea groups is 1. The number of nitrogens with zero attached hydrogens (tertiary/aromatic N) is 2. The van der Waals surface area contributed by atoms with Gasteiger partial charge in [-0.1, -0.05) is 11.6 Å². The van der Waals surface area contributed by atoms with E-state index in [9.17, 15) is 18.0 Å². The van der Waals surface area contributed by atoms with Crippen LogP contribution in [0.3, 0.4) is 0 Å². The van der Waals surface area contributed by atoms with E-state index in [1.165, 1.54) is 4.90 Å². The summed E-state index contributed by atoms with van der Waals surface area (Å²) in [6.07, 6.45) is -3.31. The first kappa shape index (κ1) is 18.3. The van der Waals surface area contributed by atoms with E-state index < -0.39 is 17.8 Å². The van der Waals surface area contributed by atoms with E-state index in [2.05, 4.69) is 10.3 Å². The zero-order chi connectivity index (χ0) is 18.7. The van der Waals surface area contributed by atoms with Crippen molar-refractivity contribution in [2.45, 2.75) is 18.7 Å². The standard InChI is InChI=1S/C17H15ClF3N3O2/c18-12-1-3-13(4-2-12)23-16(25)24-8-6-14(10-24)26-15-9-11(5-7-22-15)17(19,20)21/h1-5,7,9,14H,6,8,10H2,(H,23,25). The van der Waals surface area contributed by atoms with E-state index in [-0.39, 0.29) is 18.5 Å². The van der Waals surface area contributed by atoms with Crippen molar-refractivity contribution in [1.29, 1.82) is 0 Å². The Morgan fingerprint density at radius 2 is 2.00 bits per heavy atom. The van der Waals surface area contributed by atoms with E-state index in [1.807, 2.05) is 0 Å². The number of likely N-dealkylation sites (tertiary alicyclic amines) is 1. The summed E-state index contributed by atoms with van der Waals surface area (Å²) in [4.78, 5) is 17.6. The number of hydrogen-bond acceptors (Lipinski definition) is 3. The van der Waals surface area contributed by atoms with Gasteiger partial charge in [-0.3, -0.25) is 0 Å². The van der Waals surface area contributed by atoms with Crippen molar-refractivity contribution in [3.05, 3.63) is 53.2 Å². The second-order valence-electron chi connectivity index (χ2n) is 5.79. The molecule has 0 aliphatic carbocycles. The Kier molecular flexibility index (Phi) is 5.22. The molecule has 1 aromatic heterocycles. The van der Waals surface area contributed by atoms with Crippen molar-refractivity contribution in [1.82, 2.24) is 9.88 Å². The van der Waals surface area contributed by atoms with Crippen LogP contribution < -0.4 is 10.1 Å². The predicted octanol–water partition coefficient (Wildman–Crippen LogP) is 4.44. The van der Waals surface area contributed by atoms with Gasteiger partial charge in [0.1, 0.15) is 6.10 Å². The summed E-state index contributed by atoms with van der Waals surface area (Å²) in [6, 6.07) is 8.10. The Labute approximate surface area is 152 Å². The molecule has 26 heavy (non-hydrogen) atoms. The number of benzene rings is 1. The number of halogens is 4.